The second-order valence-corrected chi connectivity index (χ2v) is 9.80. The van der Waals surface area contributed by atoms with Crippen molar-refractivity contribution in [2.24, 2.45) is 10.2 Å². The zero-order chi connectivity index (χ0) is 27.7. The van der Waals surface area contributed by atoms with Crippen LogP contribution in [0.2, 0.25) is 0 Å². The van der Waals surface area contributed by atoms with Crippen LogP contribution >= 0.6 is 0 Å². The van der Waals surface area contributed by atoms with Gasteiger partial charge >= 0.3 is 0 Å². The Kier molecular flexibility index (Phi) is 9.22. The second kappa shape index (κ2) is 12.8. The van der Waals surface area contributed by atoms with Gasteiger partial charge in [0.25, 0.3) is 0 Å². The number of hydrogen-bond acceptors (Lipinski definition) is 6. The molecule has 0 amide bonds. The molecule has 0 aromatic heterocycles. The molecule has 10 nitrogen and oxygen atoms in total. The summed E-state index contributed by atoms with van der Waals surface area (Å²) in [7, 11) is 0. The molecule has 1 aliphatic heterocycles. The summed E-state index contributed by atoms with van der Waals surface area (Å²) in [5, 5.41) is 18.9. The summed E-state index contributed by atoms with van der Waals surface area (Å²) < 4.78 is 18.3. The normalized spacial score (nSPS) is 20.2. The molecule has 0 unspecified atom stereocenters. The summed E-state index contributed by atoms with van der Waals surface area (Å²) in [4.78, 5) is 5.88. The van der Waals surface area contributed by atoms with Crippen LogP contribution in [0.15, 0.2) is 101 Å². The van der Waals surface area contributed by atoms with Crippen LogP contribution in [-0.4, -0.2) is 48.4 Å². The summed E-state index contributed by atoms with van der Waals surface area (Å²) >= 11 is 0. The van der Waals surface area contributed by atoms with Gasteiger partial charge in [0.1, 0.15) is 5.60 Å². The maximum absolute atomic E-state index is 11.3. The van der Waals surface area contributed by atoms with Crippen molar-refractivity contribution in [3.05, 3.63) is 129 Å². The third kappa shape index (κ3) is 6.58. The lowest BCUT2D eigenvalue weighted by molar-refractivity contribution is -0.282. The minimum atomic E-state index is -1.14. The van der Waals surface area contributed by atoms with Crippen molar-refractivity contribution in [2.75, 3.05) is 13.2 Å². The highest BCUT2D eigenvalue weighted by Gasteiger charge is 2.41. The minimum Gasteiger partial charge on any atom is -0.393 e. The first kappa shape index (κ1) is 28.1. The third-order valence-electron chi connectivity index (χ3n) is 6.80. The quantitative estimate of drug-likeness (QED) is 0.135. The van der Waals surface area contributed by atoms with Crippen LogP contribution in [0, 0.1) is 0 Å². The number of azide groups is 2. The number of rotatable bonds is 11. The molecule has 0 saturated carbocycles. The summed E-state index contributed by atoms with van der Waals surface area (Å²) in [5.74, 6) is -0.917. The van der Waals surface area contributed by atoms with E-state index < -0.39 is 35.7 Å². The number of aliphatic hydroxyl groups excluding tert-OH is 1. The lowest BCUT2D eigenvalue weighted by atomic mass is 9.80. The van der Waals surface area contributed by atoms with E-state index in [4.69, 9.17) is 19.7 Å². The molecule has 0 spiro atoms. The Morgan fingerprint density at radius 2 is 1.44 bits per heavy atom. The number of ether oxygens (including phenoxy) is 3. The van der Waals surface area contributed by atoms with Crippen molar-refractivity contribution in [1.82, 2.24) is 0 Å². The first-order valence-electron chi connectivity index (χ1n) is 12.8. The fourth-order valence-corrected chi connectivity index (χ4v) is 4.91. The Labute approximate surface area is 227 Å². The molecule has 0 radical (unpaired) electrons. The van der Waals surface area contributed by atoms with Gasteiger partial charge in [0.05, 0.1) is 37.5 Å². The van der Waals surface area contributed by atoms with Crippen LogP contribution in [0.4, 0.5) is 0 Å². The van der Waals surface area contributed by atoms with Crippen LogP contribution < -0.4 is 0 Å². The molecular weight excluding hydrogens is 496 g/mol. The fourth-order valence-electron chi connectivity index (χ4n) is 4.91. The predicted molar refractivity (Wildman–Crippen MR) is 147 cm³/mol. The van der Waals surface area contributed by atoms with Crippen molar-refractivity contribution >= 4 is 0 Å². The largest absolute Gasteiger partial charge is 0.393 e. The Bertz CT molecular complexity index is 1200. The Hall–Kier alpha value is -3.88. The SMILES string of the molecule is CC1(C)OC[C@@H](N=[N+]=[N-])[C@H](C[C@H](O)[C@@H](COC(c2ccccc2)(c2ccccc2)c2ccccc2)N=[N+]=[N-])O1. The molecule has 1 N–H and O–H groups in total. The monoisotopic (exact) mass is 528 g/mol. The van der Waals surface area contributed by atoms with Gasteiger partial charge in [-0.15, -0.1) is 0 Å². The highest BCUT2D eigenvalue weighted by Crippen LogP contribution is 2.41. The predicted octanol–water partition coefficient (Wildman–Crippen LogP) is 6.26. The van der Waals surface area contributed by atoms with E-state index in [0.29, 0.717) is 0 Å². The van der Waals surface area contributed by atoms with Gasteiger partial charge in [-0.3, -0.25) is 0 Å². The number of benzene rings is 3. The topological polar surface area (TPSA) is 145 Å². The highest BCUT2D eigenvalue weighted by molar-refractivity contribution is 5.47. The highest BCUT2D eigenvalue weighted by atomic mass is 16.7. The number of aliphatic hydroxyl groups is 1. The lowest BCUT2D eigenvalue weighted by Gasteiger charge is -2.41. The Balaban J connectivity index is 1.68. The van der Waals surface area contributed by atoms with E-state index in [1.54, 1.807) is 13.8 Å². The molecule has 0 bridgehead atoms. The molecule has 1 aliphatic rings. The van der Waals surface area contributed by atoms with Crippen LogP contribution in [0.5, 0.6) is 0 Å². The average molecular weight is 529 g/mol. The molecule has 202 valence electrons. The zero-order valence-corrected chi connectivity index (χ0v) is 21.9. The van der Waals surface area contributed by atoms with E-state index in [-0.39, 0.29) is 19.6 Å². The second-order valence-electron chi connectivity index (χ2n) is 9.80. The summed E-state index contributed by atoms with van der Waals surface area (Å²) in [5.41, 5.74) is 20.0. The number of hydrogen-bond donors (Lipinski definition) is 1. The van der Waals surface area contributed by atoms with Crippen molar-refractivity contribution in [1.29, 1.82) is 0 Å². The third-order valence-corrected chi connectivity index (χ3v) is 6.80. The average Bonchev–Trinajstić information content (AvgIpc) is 2.96. The van der Waals surface area contributed by atoms with E-state index in [0.717, 1.165) is 16.7 Å². The molecule has 1 saturated heterocycles. The molecule has 10 heteroatoms. The van der Waals surface area contributed by atoms with Gasteiger partial charge in [-0.1, -0.05) is 101 Å². The summed E-state index contributed by atoms with van der Waals surface area (Å²) in [6, 6.07) is 27.8. The van der Waals surface area contributed by atoms with E-state index >= 15 is 0 Å². The lowest BCUT2D eigenvalue weighted by Crippen LogP contribution is -2.50. The first-order valence-corrected chi connectivity index (χ1v) is 12.8. The van der Waals surface area contributed by atoms with Gasteiger partial charge in [0, 0.05) is 16.2 Å². The van der Waals surface area contributed by atoms with Gasteiger partial charge in [0.15, 0.2) is 5.79 Å². The molecule has 1 fully saturated rings. The maximum Gasteiger partial charge on any atom is 0.163 e. The van der Waals surface area contributed by atoms with Gasteiger partial charge in [-0.2, -0.15) is 0 Å². The number of nitrogens with zero attached hydrogens (tertiary/aromatic N) is 6. The molecule has 3 aromatic carbocycles. The zero-order valence-electron chi connectivity index (χ0n) is 21.9. The molecular formula is C29H32N6O4. The van der Waals surface area contributed by atoms with Crippen molar-refractivity contribution < 1.29 is 19.3 Å². The molecule has 4 rings (SSSR count). The van der Waals surface area contributed by atoms with Gasteiger partial charge in [-0.05, 0) is 41.6 Å². The fraction of sp³-hybridized carbons (Fsp3) is 0.379. The summed E-state index contributed by atoms with van der Waals surface area (Å²) in [6.45, 7) is 3.56. The Morgan fingerprint density at radius 1 is 0.923 bits per heavy atom. The van der Waals surface area contributed by atoms with Crippen LogP contribution in [0.1, 0.15) is 37.0 Å². The van der Waals surface area contributed by atoms with Crippen molar-refractivity contribution in [3.8, 4) is 0 Å². The van der Waals surface area contributed by atoms with E-state index in [9.17, 15) is 10.6 Å². The van der Waals surface area contributed by atoms with Gasteiger partial charge < -0.3 is 19.3 Å². The first-order chi connectivity index (χ1) is 18.9. The van der Waals surface area contributed by atoms with Crippen LogP contribution in [-0.2, 0) is 19.8 Å². The van der Waals surface area contributed by atoms with Crippen molar-refractivity contribution in [2.45, 2.75) is 55.9 Å². The van der Waals surface area contributed by atoms with Crippen LogP contribution in [0.25, 0.3) is 20.9 Å². The standard InChI is InChI=1S/C29H32N6O4/c1-28(2)37-20-25(33-35-31)27(39-28)18-26(36)24(32-34-30)19-38-29(21-12-6-3-7-13-21,22-14-8-4-9-15-22)23-16-10-5-11-17-23/h3-17,24-27,36H,18-20H2,1-2H3/t24-,25-,26+,27+/m1/s1. The maximum atomic E-state index is 11.3. The molecule has 0 aliphatic carbocycles. The molecule has 3 aromatic rings. The van der Waals surface area contributed by atoms with Gasteiger partial charge in [-0.25, -0.2) is 0 Å². The van der Waals surface area contributed by atoms with Crippen LogP contribution in [0.3, 0.4) is 0 Å². The van der Waals surface area contributed by atoms with E-state index in [1.165, 1.54) is 0 Å². The van der Waals surface area contributed by atoms with Crippen molar-refractivity contribution in [3.63, 3.8) is 0 Å². The molecule has 4 atom stereocenters. The minimum absolute atomic E-state index is 0.0541. The smallest absolute Gasteiger partial charge is 0.163 e. The molecule has 1 heterocycles. The van der Waals surface area contributed by atoms with E-state index in [1.807, 2.05) is 91.0 Å². The van der Waals surface area contributed by atoms with E-state index in [2.05, 4.69) is 20.1 Å². The Morgan fingerprint density at radius 3 is 1.90 bits per heavy atom. The summed E-state index contributed by atoms with van der Waals surface area (Å²) in [6.07, 6.45) is -1.73. The van der Waals surface area contributed by atoms with Gasteiger partial charge in [0.2, 0.25) is 0 Å². The molecule has 39 heavy (non-hydrogen) atoms.